The number of benzene rings is 1. The van der Waals surface area contributed by atoms with Crippen LogP contribution in [0.2, 0.25) is 0 Å². The molecule has 0 spiro atoms. The fraction of sp³-hybridized carbons (Fsp3) is 0.533. The lowest BCUT2D eigenvalue weighted by Crippen LogP contribution is -2.30. The Kier molecular flexibility index (Phi) is 5.83. The van der Waals surface area contributed by atoms with E-state index < -0.39 is 12.1 Å². The molecule has 1 heterocycles. The number of nitrogens with one attached hydrogen (secondary N) is 1. The summed E-state index contributed by atoms with van der Waals surface area (Å²) in [5.74, 6) is 0.0275. The van der Waals surface area contributed by atoms with Crippen LogP contribution >= 0.6 is 0 Å². The molecule has 5 heteroatoms. The Morgan fingerprint density at radius 2 is 2.15 bits per heavy atom. The van der Waals surface area contributed by atoms with Crippen LogP contribution in [0.25, 0.3) is 0 Å². The van der Waals surface area contributed by atoms with Crippen LogP contribution in [0.1, 0.15) is 19.3 Å². The zero-order valence-electron chi connectivity index (χ0n) is 11.5. The second kappa shape index (κ2) is 7.87. The van der Waals surface area contributed by atoms with Crippen molar-refractivity contribution in [3.05, 3.63) is 30.3 Å². The first-order chi connectivity index (χ1) is 9.75. The van der Waals surface area contributed by atoms with Gasteiger partial charge in [-0.15, -0.1) is 0 Å². The van der Waals surface area contributed by atoms with Crippen molar-refractivity contribution < 1.29 is 19.4 Å². The molecule has 0 aromatic heterocycles. The van der Waals surface area contributed by atoms with Crippen molar-refractivity contribution >= 4 is 5.97 Å². The van der Waals surface area contributed by atoms with Gasteiger partial charge in [0.05, 0.1) is 12.7 Å². The van der Waals surface area contributed by atoms with Gasteiger partial charge in [0.2, 0.25) is 0 Å². The summed E-state index contributed by atoms with van der Waals surface area (Å²) in [6, 6.07) is 9.73. The van der Waals surface area contributed by atoms with Gasteiger partial charge in [0.1, 0.15) is 5.75 Å². The molecule has 1 fully saturated rings. The lowest BCUT2D eigenvalue weighted by molar-refractivity contribution is -0.149. The van der Waals surface area contributed by atoms with Crippen LogP contribution in [0, 0.1) is 0 Å². The lowest BCUT2D eigenvalue weighted by atomic mass is 10.2. The van der Waals surface area contributed by atoms with E-state index in [-0.39, 0.29) is 6.10 Å². The van der Waals surface area contributed by atoms with Gasteiger partial charge in [0.15, 0.2) is 6.10 Å². The third kappa shape index (κ3) is 4.83. The van der Waals surface area contributed by atoms with E-state index in [9.17, 15) is 4.79 Å². The standard InChI is InChI=1S/C15H21NO4/c17-15(18)14-8-7-13(20-14)11-16-9-4-10-19-12-5-2-1-3-6-12/h1-3,5-6,13-14,16H,4,7-11H2,(H,17,18). The maximum Gasteiger partial charge on any atom is 0.332 e. The molecule has 2 N–H and O–H groups in total. The van der Waals surface area contributed by atoms with Crippen molar-refractivity contribution in [1.29, 1.82) is 0 Å². The van der Waals surface area contributed by atoms with Crippen LogP contribution in [-0.4, -0.2) is 43.0 Å². The highest BCUT2D eigenvalue weighted by atomic mass is 16.5. The van der Waals surface area contributed by atoms with E-state index in [1.165, 1.54) is 0 Å². The summed E-state index contributed by atoms with van der Waals surface area (Å²) in [6.45, 7) is 2.21. The fourth-order valence-corrected chi connectivity index (χ4v) is 2.20. The molecule has 5 nitrogen and oxygen atoms in total. The number of rotatable bonds is 8. The summed E-state index contributed by atoms with van der Waals surface area (Å²) in [6.07, 6.45) is 1.72. The molecule has 2 atom stereocenters. The van der Waals surface area contributed by atoms with Crippen LogP contribution < -0.4 is 10.1 Å². The molecule has 0 bridgehead atoms. The van der Waals surface area contributed by atoms with Gasteiger partial charge in [-0.1, -0.05) is 18.2 Å². The van der Waals surface area contributed by atoms with Gasteiger partial charge in [-0.25, -0.2) is 4.79 Å². The SMILES string of the molecule is O=C(O)C1CCC(CNCCCOc2ccccc2)O1. The summed E-state index contributed by atoms with van der Waals surface area (Å²) >= 11 is 0. The molecule has 0 saturated carbocycles. The first-order valence-electron chi connectivity index (χ1n) is 7.02. The van der Waals surface area contributed by atoms with Crippen molar-refractivity contribution in [2.45, 2.75) is 31.5 Å². The highest BCUT2D eigenvalue weighted by Gasteiger charge is 2.29. The molecule has 2 unspecified atom stereocenters. The minimum absolute atomic E-state index is 0.0196. The summed E-state index contributed by atoms with van der Waals surface area (Å²) in [7, 11) is 0. The largest absolute Gasteiger partial charge is 0.494 e. The smallest absolute Gasteiger partial charge is 0.332 e. The molecule has 20 heavy (non-hydrogen) atoms. The van der Waals surface area contributed by atoms with Crippen molar-refractivity contribution in [2.75, 3.05) is 19.7 Å². The van der Waals surface area contributed by atoms with Crippen molar-refractivity contribution in [2.24, 2.45) is 0 Å². The van der Waals surface area contributed by atoms with Crippen LogP contribution in [0.3, 0.4) is 0 Å². The van der Waals surface area contributed by atoms with Crippen LogP contribution in [-0.2, 0) is 9.53 Å². The number of carboxylic acid groups (broad SMARTS) is 1. The van der Waals surface area contributed by atoms with Gasteiger partial charge >= 0.3 is 5.97 Å². The molecule has 1 aromatic carbocycles. The molecule has 1 saturated heterocycles. The fourth-order valence-electron chi connectivity index (χ4n) is 2.20. The molecular weight excluding hydrogens is 258 g/mol. The van der Waals surface area contributed by atoms with Crippen molar-refractivity contribution in [1.82, 2.24) is 5.32 Å². The van der Waals surface area contributed by atoms with Crippen molar-refractivity contribution in [3.63, 3.8) is 0 Å². The zero-order chi connectivity index (χ0) is 14.2. The molecule has 1 aromatic rings. The summed E-state index contributed by atoms with van der Waals surface area (Å²) in [5.41, 5.74) is 0. The van der Waals surface area contributed by atoms with Gasteiger partial charge in [-0.05, 0) is 37.9 Å². The molecule has 0 aliphatic carbocycles. The third-order valence-electron chi connectivity index (χ3n) is 3.26. The van der Waals surface area contributed by atoms with Crippen LogP contribution in [0.4, 0.5) is 0 Å². The first-order valence-corrected chi connectivity index (χ1v) is 7.02. The van der Waals surface area contributed by atoms with Gasteiger partial charge in [-0.2, -0.15) is 0 Å². The number of ether oxygens (including phenoxy) is 2. The molecule has 2 rings (SSSR count). The van der Waals surface area contributed by atoms with Crippen molar-refractivity contribution in [3.8, 4) is 5.75 Å². The molecule has 1 aliphatic heterocycles. The van der Waals surface area contributed by atoms with Gasteiger partial charge in [0, 0.05) is 6.54 Å². The maximum atomic E-state index is 10.7. The Morgan fingerprint density at radius 1 is 1.35 bits per heavy atom. The number of carbonyl (C=O) groups is 1. The summed E-state index contributed by atoms with van der Waals surface area (Å²) < 4.78 is 11.0. The Hall–Kier alpha value is -1.59. The average molecular weight is 279 g/mol. The minimum atomic E-state index is -0.858. The van der Waals surface area contributed by atoms with Gasteiger partial charge in [0.25, 0.3) is 0 Å². The molecule has 0 amide bonds. The van der Waals surface area contributed by atoms with Crippen LogP contribution in [0.15, 0.2) is 30.3 Å². The van der Waals surface area contributed by atoms with Gasteiger partial charge < -0.3 is 19.9 Å². The summed E-state index contributed by atoms with van der Waals surface area (Å²) in [4.78, 5) is 10.7. The minimum Gasteiger partial charge on any atom is -0.494 e. The molecule has 0 radical (unpaired) electrons. The Balaban J connectivity index is 1.49. The van der Waals surface area contributed by atoms with Gasteiger partial charge in [-0.3, -0.25) is 0 Å². The predicted molar refractivity (Wildman–Crippen MR) is 75.0 cm³/mol. The third-order valence-corrected chi connectivity index (χ3v) is 3.26. The maximum absolute atomic E-state index is 10.7. The highest BCUT2D eigenvalue weighted by Crippen LogP contribution is 2.19. The Bertz CT molecular complexity index is 410. The van der Waals surface area contributed by atoms with E-state index in [1.807, 2.05) is 30.3 Å². The van der Waals surface area contributed by atoms with E-state index in [0.29, 0.717) is 19.6 Å². The average Bonchev–Trinajstić information content (AvgIpc) is 2.93. The second-order valence-electron chi connectivity index (χ2n) is 4.88. The molecule has 110 valence electrons. The quantitative estimate of drug-likeness (QED) is 0.709. The van der Waals surface area contributed by atoms with E-state index in [2.05, 4.69) is 5.32 Å². The predicted octanol–water partition coefficient (Wildman–Crippen LogP) is 1.68. The number of hydrogen-bond donors (Lipinski definition) is 2. The number of aliphatic carboxylic acids is 1. The molecule has 1 aliphatic rings. The summed E-state index contributed by atoms with van der Waals surface area (Å²) in [5, 5.41) is 12.1. The van der Waals surface area contributed by atoms with E-state index >= 15 is 0 Å². The normalized spacial score (nSPS) is 21.8. The first kappa shape index (κ1) is 14.8. The lowest BCUT2D eigenvalue weighted by Gasteiger charge is -2.12. The van der Waals surface area contributed by atoms with E-state index in [4.69, 9.17) is 14.6 Å². The monoisotopic (exact) mass is 279 g/mol. The zero-order valence-corrected chi connectivity index (χ0v) is 11.5. The van der Waals surface area contributed by atoms with E-state index in [0.717, 1.165) is 25.1 Å². The topological polar surface area (TPSA) is 67.8 Å². The Labute approximate surface area is 118 Å². The Morgan fingerprint density at radius 3 is 2.85 bits per heavy atom. The number of para-hydroxylation sites is 1. The highest BCUT2D eigenvalue weighted by molar-refractivity contribution is 5.72. The van der Waals surface area contributed by atoms with Crippen LogP contribution in [0.5, 0.6) is 5.75 Å². The number of carboxylic acids is 1. The number of hydrogen-bond acceptors (Lipinski definition) is 4. The molecular formula is C15H21NO4. The van der Waals surface area contributed by atoms with E-state index in [1.54, 1.807) is 0 Å². The second-order valence-corrected chi connectivity index (χ2v) is 4.88.